The first-order chi connectivity index (χ1) is 17.6. The van der Waals surface area contributed by atoms with Crippen LogP contribution in [0, 0.1) is 0 Å². The number of aromatic nitrogens is 1. The smallest absolute Gasteiger partial charge is 0.278 e. The number of carbonyl (C=O) groups is 1. The van der Waals surface area contributed by atoms with Gasteiger partial charge in [-0.1, -0.05) is 50.5 Å². The zero-order valence-corrected chi connectivity index (χ0v) is 23.2. The molecule has 1 fully saturated rings. The van der Waals surface area contributed by atoms with E-state index in [-0.39, 0.29) is 18.8 Å². The lowest BCUT2D eigenvalue weighted by atomic mass is 10.0. The van der Waals surface area contributed by atoms with Gasteiger partial charge in [-0.15, -0.1) is 0 Å². The third-order valence-electron chi connectivity index (χ3n) is 6.00. The second-order valence-corrected chi connectivity index (χ2v) is 10.1. The van der Waals surface area contributed by atoms with Crippen molar-refractivity contribution in [2.24, 2.45) is 10.7 Å². The van der Waals surface area contributed by atoms with Crippen molar-refractivity contribution in [3.05, 3.63) is 87.2 Å². The normalized spacial score (nSPS) is 14.7. The van der Waals surface area contributed by atoms with Crippen LogP contribution >= 0.6 is 23.2 Å². The number of piperazine rings is 1. The zero-order valence-electron chi connectivity index (χ0n) is 21.7. The van der Waals surface area contributed by atoms with Gasteiger partial charge in [0.2, 0.25) is 0 Å². The predicted molar refractivity (Wildman–Crippen MR) is 162 cm³/mol. The number of nitrogens with two attached hydrogens (primary N) is 2. The average Bonchev–Trinajstić information content (AvgIpc) is 2.87. The number of rotatable bonds is 5. The summed E-state index contributed by atoms with van der Waals surface area (Å²) in [5.41, 5.74) is 16.5. The third kappa shape index (κ3) is 7.69. The number of carbonyl (C=O) groups excluding carboxylic acids is 1. The van der Waals surface area contributed by atoms with Gasteiger partial charge in [-0.25, -0.2) is 0 Å². The molecule has 5 N–H and O–H groups in total. The lowest BCUT2D eigenvalue weighted by Gasteiger charge is -2.40. The topological polar surface area (TPSA) is 110 Å². The number of amides is 1. The molecule has 1 saturated heterocycles. The number of nitrogens with one attached hydrogen (secondary N) is 1. The number of aliphatic imine (C=N–C) groups is 1. The molecule has 0 aliphatic carbocycles. The standard InChI is InChI=1S/C26H28Cl2N6O.C2H6.CH4/c1-26(2)15-34(10-9-32-26)18-6-4-17(5-7-18)25(35)33-24(30)19-8-3-16(12-23(19)29)11-20-21(27)13-31-14-22(20)28;1-2;/h3-8,12-14,32H,9-11,15,29H2,1-2H3,(H2,30,33,35);1-2H3;1H4. The Hall–Kier alpha value is -3.13. The summed E-state index contributed by atoms with van der Waals surface area (Å²) in [6.45, 7) is 11.1. The lowest BCUT2D eigenvalue weighted by molar-refractivity contribution is 0.100. The number of anilines is 2. The highest BCUT2D eigenvalue weighted by Crippen LogP contribution is 2.27. The van der Waals surface area contributed by atoms with Crippen molar-refractivity contribution < 1.29 is 4.79 Å². The van der Waals surface area contributed by atoms with E-state index in [0.717, 1.165) is 36.4 Å². The fourth-order valence-electron chi connectivity index (χ4n) is 4.18. The van der Waals surface area contributed by atoms with Crippen LogP contribution < -0.4 is 21.7 Å². The summed E-state index contributed by atoms with van der Waals surface area (Å²) in [4.78, 5) is 23.1. The van der Waals surface area contributed by atoms with E-state index in [4.69, 9.17) is 34.7 Å². The molecule has 4 rings (SSSR count). The van der Waals surface area contributed by atoms with Gasteiger partial charge in [-0.05, 0) is 61.4 Å². The quantitative estimate of drug-likeness (QED) is 0.203. The van der Waals surface area contributed by atoms with Crippen LogP contribution in [0.25, 0.3) is 0 Å². The molecule has 1 aliphatic rings. The number of benzene rings is 2. The van der Waals surface area contributed by atoms with E-state index in [1.165, 1.54) is 0 Å². The molecular formula is C29H38Cl2N6O. The van der Waals surface area contributed by atoms with Crippen LogP contribution in [-0.4, -0.2) is 41.9 Å². The Morgan fingerprint density at radius 1 is 1.11 bits per heavy atom. The predicted octanol–water partition coefficient (Wildman–Crippen LogP) is 5.96. The van der Waals surface area contributed by atoms with Crippen molar-refractivity contribution >= 4 is 46.3 Å². The molecule has 1 amide bonds. The van der Waals surface area contributed by atoms with Crippen molar-refractivity contribution in [2.45, 2.75) is 47.1 Å². The molecule has 0 atom stereocenters. The first-order valence-electron chi connectivity index (χ1n) is 12.3. The van der Waals surface area contributed by atoms with Gasteiger partial charge in [-0.2, -0.15) is 4.99 Å². The Bertz CT molecular complexity index is 1250. The molecular weight excluding hydrogens is 519 g/mol. The van der Waals surface area contributed by atoms with Crippen LogP contribution in [-0.2, 0) is 6.42 Å². The van der Waals surface area contributed by atoms with Gasteiger partial charge in [0, 0.05) is 66.5 Å². The summed E-state index contributed by atoms with van der Waals surface area (Å²) >= 11 is 12.4. The van der Waals surface area contributed by atoms with E-state index in [1.807, 2.05) is 32.0 Å². The minimum Gasteiger partial charge on any atom is -0.398 e. The van der Waals surface area contributed by atoms with Gasteiger partial charge >= 0.3 is 0 Å². The summed E-state index contributed by atoms with van der Waals surface area (Å²) < 4.78 is 0. The number of pyridine rings is 1. The van der Waals surface area contributed by atoms with Crippen molar-refractivity contribution in [3.63, 3.8) is 0 Å². The third-order valence-corrected chi connectivity index (χ3v) is 6.65. The summed E-state index contributed by atoms with van der Waals surface area (Å²) in [5, 5.41) is 4.47. The van der Waals surface area contributed by atoms with Crippen LogP contribution in [0.5, 0.6) is 0 Å². The zero-order chi connectivity index (χ0) is 27.2. The van der Waals surface area contributed by atoms with Crippen LogP contribution in [0.1, 0.15) is 62.2 Å². The number of hydrogen-bond donors (Lipinski definition) is 3. The Morgan fingerprint density at radius 3 is 2.32 bits per heavy atom. The van der Waals surface area contributed by atoms with E-state index in [1.54, 1.807) is 36.7 Å². The molecule has 9 heteroatoms. The van der Waals surface area contributed by atoms with Gasteiger partial charge in [0.05, 0.1) is 10.0 Å². The molecule has 2 heterocycles. The summed E-state index contributed by atoms with van der Waals surface area (Å²) in [7, 11) is 0. The summed E-state index contributed by atoms with van der Waals surface area (Å²) in [6, 6.07) is 12.8. The van der Waals surface area contributed by atoms with Crippen LogP contribution in [0.3, 0.4) is 0 Å². The fraction of sp³-hybridized carbons (Fsp3) is 0.345. The lowest BCUT2D eigenvalue weighted by Crippen LogP contribution is -2.57. The molecule has 0 unspecified atom stereocenters. The molecule has 0 spiro atoms. The Labute approximate surface area is 236 Å². The molecule has 3 aromatic rings. The van der Waals surface area contributed by atoms with Crippen LogP contribution in [0.15, 0.2) is 59.9 Å². The number of halogens is 2. The van der Waals surface area contributed by atoms with E-state index >= 15 is 0 Å². The number of nitrogen functional groups attached to an aromatic ring is 1. The largest absolute Gasteiger partial charge is 0.398 e. The molecule has 7 nitrogen and oxygen atoms in total. The highest BCUT2D eigenvalue weighted by molar-refractivity contribution is 6.35. The maximum absolute atomic E-state index is 12.7. The first-order valence-corrected chi connectivity index (χ1v) is 13.0. The highest BCUT2D eigenvalue weighted by atomic mass is 35.5. The number of nitrogens with zero attached hydrogens (tertiary/aromatic N) is 3. The Morgan fingerprint density at radius 2 is 1.74 bits per heavy atom. The van der Waals surface area contributed by atoms with Gasteiger partial charge < -0.3 is 21.7 Å². The minimum absolute atomic E-state index is 0. The molecule has 0 bridgehead atoms. The second kappa shape index (κ2) is 13.6. The maximum atomic E-state index is 12.7. The average molecular weight is 558 g/mol. The monoisotopic (exact) mass is 556 g/mol. The van der Waals surface area contributed by atoms with Gasteiger partial charge in [0.15, 0.2) is 0 Å². The van der Waals surface area contributed by atoms with Gasteiger partial charge in [0.1, 0.15) is 5.84 Å². The fourth-order valence-corrected chi connectivity index (χ4v) is 4.68. The summed E-state index contributed by atoms with van der Waals surface area (Å²) in [5.74, 6) is -0.361. The Balaban J connectivity index is 0.00000165. The van der Waals surface area contributed by atoms with E-state index in [0.29, 0.717) is 33.3 Å². The molecule has 38 heavy (non-hydrogen) atoms. The second-order valence-electron chi connectivity index (χ2n) is 9.26. The van der Waals surface area contributed by atoms with Crippen molar-refractivity contribution in [1.29, 1.82) is 0 Å². The van der Waals surface area contributed by atoms with Crippen LogP contribution in [0.4, 0.5) is 11.4 Å². The van der Waals surface area contributed by atoms with Crippen molar-refractivity contribution in [3.8, 4) is 0 Å². The molecule has 0 radical (unpaired) electrons. The van der Waals surface area contributed by atoms with E-state index in [2.05, 4.69) is 34.0 Å². The number of hydrogen-bond acceptors (Lipinski definition) is 5. The molecule has 1 aliphatic heterocycles. The van der Waals surface area contributed by atoms with E-state index < -0.39 is 5.91 Å². The molecule has 0 saturated carbocycles. The highest BCUT2D eigenvalue weighted by Gasteiger charge is 2.25. The molecule has 1 aromatic heterocycles. The SMILES string of the molecule is C.CC.CC1(C)CN(c2ccc(C(=O)N=C(N)c3ccc(Cc4c(Cl)cncc4Cl)cc3N)cc2)CCN1. The molecule has 204 valence electrons. The van der Waals surface area contributed by atoms with Gasteiger partial charge in [-0.3, -0.25) is 9.78 Å². The Kier molecular flexibility index (Phi) is 11.1. The summed E-state index contributed by atoms with van der Waals surface area (Å²) in [6.07, 6.45) is 3.58. The van der Waals surface area contributed by atoms with Crippen LogP contribution in [0.2, 0.25) is 10.0 Å². The molecule has 2 aromatic carbocycles. The van der Waals surface area contributed by atoms with Crippen molar-refractivity contribution in [2.75, 3.05) is 30.3 Å². The van der Waals surface area contributed by atoms with E-state index in [9.17, 15) is 4.79 Å². The van der Waals surface area contributed by atoms with Gasteiger partial charge in [0.25, 0.3) is 5.91 Å². The van der Waals surface area contributed by atoms with Crippen molar-refractivity contribution in [1.82, 2.24) is 10.3 Å². The number of amidine groups is 1. The minimum atomic E-state index is -0.423. The maximum Gasteiger partial charge on any atom is 0.278 e. The first kappa shape index (κ1) is 31.1.